The van der Waals surface area contributed by atoms with E-state index in [4.69, 9.17) is 14.2 Å². The summed E-state index contributed by atoms with van der Waals surface area (Å²) in [7, 11) is 3.41. The summed E-state index contributed by atoms with van der Waals surface area (Å²) < 4.78 is 17.2. The molecule has 2 aliphatic heterocycles. The molecule has 0 bridgehead atoms. The van der Waals surface area contributed by atoms with Gasteiger partial charge in [-0.3, -0.25) is 4.90 Å². The molecule has 0 aromatic heterocycles. The van der Waals surface area contributed by atoms with Crippen LogP contribution < -0.4 is 14.4 Å². The first kappa shape index (κ1) is 19.1. The molecule has 0 amide bonds. The van der Waals surface area contributed by atoms with Crippen LogP contribution in [0, 0.1) is 0 Å². The van der Waals surface area contributed by atoms with Crippen molar-refractivity contribution < 1.29 is 14.2 Å². The van der Waals surface area contributed by atoms with Crippen LogP contribution in [0.5, 0.6) is 11.5 Å². The molecule has 1 atom stereocenters. The van der Waals surface area contributed by atoms with Gasteiger partial charge in [-0.05, 0) is 36.6 Å². The van der Waals surface area contributed by atoms with Gasteiger partial charge in [0.25, 0.3) is 0 Å². The molecule has 2 aliphatic rings. The molecular weight excluding hydrogens is 352 g/mol. The van der Waals surface area contributed by atoms with Gasteiger partial charge in [-0.25, -0.2) is 0 Å². The zero-order valence-electron chi connectivity index (χ0n) is 16.9. The molecule has 0 spiro atoms. The van der Waals surface area contributed by atoms with Crippen molar-refractivity contribution >= 4 is 5.69 Å². The summed E-state index contributed by atoms with van der Waals surface area (Å²) in [6, 6.07) is 14.8. The standard InChI is InChI=1S/C23H30N2O3/c1-26-22-9-8-19-20(23(22)27-2)11-17-28-21(19)10-12-24-13-15-25(16-14-24)18-6-4-3-5-7-18/h3-9,21H,10-17H2,1-2H3. The van der Waals surface area contributed by atoms with Crippen molar-refractivity contribution in [3.05, 3.63) is 53.6 Å². The molecule has 2 heterocycles. The number of methoxy groups -OCH3 is 2. The van der Waals surface area contributed by atoms with Crippen LogP contribution in [0.15, 0.2) is 42.5 Å². The molecule has 1 saturated heterocycles. The molecule has 5 heteroatoms. The Morgan fingerprint density at radius 2 is 1.75 bits per heavy atom. The zero-order chi connectivity index (χ0) is 19.3. The first-order valence-electron chi connectivity index (χ1n) is 10.2. The third-order valence-electron chi connectivity index (χ3n) is 5.90. The van der Waals surface area contributed by atoms with E-state index in [1.807, 2.05) is 6.07 Å². The number of ether oxygens (including phenoxy) is 3. The summed E-state index contributed by atoms with van der Waals surface area (Å²) >= 11 is 0. The van der Waals surface area contributed by atoms with Crippen LogP contribution in [0.1, 0.15) is 23.7 Å². The van der Waals surface area contributed by atoms with E-state index in [0.717, 1.165) is 63.7 Å². The van der Waals surface area contributed by atoms with Gasteiger partial charge in [-0.1, -0.05) is 24.3 Å². The van der Waals surface area contributed by atoms with E-state index in [-0.39, 0.29) is 6.10 Å². The number of para-hydroxylation sites is 1. The highest BCUT2D eigenvalue weighted by Crippen LogP contribution is 2.40. The predicted octanol–water partition coefficient (Wildman–Crippen LogP) is 3.53. The van der Waals surface area contributed by atoms with Gasteiger partial charge in [-0.15, -0.1) is 0 Å². The minimum Gasteiger partial charge on any atom is -0.493 e. The highest BCUT2D eigenvalue weighted by molar-refractivity contribution is 5.52. The van der Waals surface area contributed by atoms with Crippen molar-refractivity contribution in [3.63, 3.8) is 0 Å². The van der Waals surface area contributed by atoms with E-state index in [9.17, 15) is 0 Å². The topological polar surface area (TPSA) is 34.2 Å². The van der Waals surface area contributed by atoms with Gasteiger partial charge in [0.1, 0.15) is 0 Å². The Balaban J connectivity index is 1.36. The lowest BCUT2D eigenvalue weighted by Gasteiger charge is -2.37. The maximum absolute atomic E-state index is 6.13. The van der Waals surface area contributed by atoms with Crippen molar-refractivity contribution in [2.24, 2.45) is 0 Å². The van der Waals surface area contributed by atoms with Crippen LogP contribution in [0.25, 0.3) is 0 Å². The third kappa shape index (κ3) is 3.96. The molecule has 150 valence electrons. The normalized spacial score (nSPS) is 19.9. The molecule has 4 rings (SSSR count). The van der Waals surface area contributed by atoms with E-state index < -0.39 is 0 Å². The molecule has 0 N–H and O–H groups in total. The van der Waals surface area contributed by atoms with Crippen LogP contribution >= 0.6 is 0 Å². The minimum atomic E-state index is 0.135. The minimum absolute atomic E-state index is 0.135. The van der Waals surface area contributed by atoms with Crippen LogP contribution in [0.2, 0.25) is 0 Å². The summed E-state index contributed by atoms with van der Waals surface area (Å²) in [5.41, 5.74) is 3.83. The van der Waals surface area contributed by atoms with Gasteiger partial charge in [0.05, 0.1) is 26.9 Å². The number of nitrogens with zero attached hydrogens (tertiary/aromatic N) is 2. The molecule has 1 unspecified atom stereocenters. The van der Waals surface area contributed by atoms with Gasteiger partial charge in [0, 0.05) is 44.0 Å². The summed E-state index contributed by atoms with van der Waals surface area (Å²) in [6.45, 7) is 6.15. The Labute approximate surface area is 167 Å². The maximum atomic E-state index is 6.13. The number of rotatable bonds is 6. The van der Waals surface area contributed by atoms with Crippen LogP contribution in [-0.4, -0.2) is 58.5 Å². The second-order valence-corrected chi connectivity index (χ2v) is 7.43. The van der Waals surface area contributed by atoms with Gasteiger partial charge in [-0.2, -0.15) is 0 Å². The lowest BCUT2D eigenvalue weighted by Crippen LogP contribution is -2.46. The number of hydrogen-bond acceptors (Lipinski definition) is 5. The summed E-state index contributed by atoms with van der Waals surface area (Å²) in [6.07, 6.45) is 2.02. The van der Waals surface area contributed by atoms with Crippen molar-refractivity contribution in [1.29, 1.82) is 0 Å². The van der Waals surface area contributed by atoms with Crippen molar-refractivity contribution in [3.8, 4) is 11.5 Å². The van der Waals surface area contributed by atoms with Crippen molar-refractivity contribution in [1.82, 2.24) is 4.90 Å². The summed E-state index contributed by atoms with van der Waals surface area (Å²) in [4.78, 5) is 5.03. The van der Waals surface area contributed by atoms with Crippen LogP contribution in [0.4, 0.5) is 5.69 Å². The van der Waals surface area contributed by atoms with E-state index in [0.29, 0.717) is 0 Å². The first-order valence-corrected chi connectivity index (χ1v) is 10.2. The van der Waals surface area contributed by atoms with Crippen molar-refractivity contribution in [2.45, 2.75) is 18.9 Å². The average Bonchev–Trinajstić information content (AvgIpc) is 2.77. The summed E-state index contributed by atoms with van der Waals surface area (Å²) in [5, 5.41) is 0. The average molecular weight is 383 g/mol. The Hall–Kier alpha value is -2.24. The Bertz CT molecular complexity index is 773. The lowest BCUT2D eigenvalue weighted by atomic mass is 9.94. The fraction of sp³-hybridized carbons (Fsp3) is 0.478. The van der Waals surface area contributed by atoms with E-state index in [2.05, 4.69) is 46.2 Å². The van der Waals surface area contributed by atoms with E-state index in [1.54, 1.807) is 14.2 Å². The third-order valence-corrected chi connectivity index (χ3v) is 5.90. The van der Waals surface area contributed by atoms with Gasteiger partial charge in [0.15, 0.2) is 11.5 Å². The first-order chi connectivity index (χ1) is 13.8. The van der Waals surface area contributed by atoms with Crippen molar-refractivity contribution in [2.75, 3.05) is 58.5 Å². The highest BCUT2D eigenvalue weighted by atomic mass is 16.5. The smallest absolute Gasteiger partial charge is 0.164 e. The summed E-state index contributed by atoms with van der Waals surface area (Å²) in [5.74, 6) is 1.67. The van der Waals surface area contributed by atoms with E-state index >= 15 is 0 Å². The molecule has 1 fully saturated rings. The quantitative estimate of drug-likeness (QED) is 0.764. The molecular formula is C23H30N2O3. The molecule has 2 aromatic carbocycles. The number of hydrogen-bond donors (Lipinski definition) is 0. The maximum Gasteiger partial charge on any atom is 0.164 e. The van der Waals surface area contributed by atoms with Crippen LogP contribution in [-0.2, 0) is 11.2 Å². The molecule has 0 aliphatic carbocycles. The second-order valence-electron chi connectivity index (χ2n) is 7.43. The van der Waals surface area contributed by atoms with Crippen LogP contribution in [0.3, 0.4) is 0 Å². The number of benzene rings is 2. The predicted molar refractivity (Wildman–Crippen MR) is 112 cm³/mol. The number of piperazine rings is 1. The Kier molecular flexibility index (Phi) is 6.03. The number of fused-ring (bicyclic) bond motifs is 1. The SMILES string of the molecule is COc1ccc2c(c1OC)CCOC2CCN1CCN(c2ccccc2)CC1. The van der Waals surface area contributed by atoms with Gasteiger partial charge >= 0.3 is 0 Å². The highest BCUT2D eigenvalue weighted by Gasteiger charge is 2.26. The second kappa shape index (κ2) is 8.84. The molecule has 28 heavy (non-hydrogen) atoms. The molecule has 0 radical (unpaired) electrons. The van der Waals surface area contributed by atoms with Gasteiger partial charge < -0.3 is 19.1 Å². The lowest BCUT2D eigenvalue weighted by molar-refractivity contribution is 0.0281. The fourth-order valence-electron chi connectivity index (χ4n) is 4.37. The van der Waals surface area contributed by atoms with Gasteiger partial charge in [0.2, 0.25) is 0 Å². The monoisotopic (exact) mass is 382 g/mol. The molecule has 0 saturated carbocycles. The van der Waals surface area contributed by atoms with E-state index in [1.165, 1.54) is 16.8 Å². The largest absolute Gasteiger partial charge is 0.493 e. The Morgan fingerprint density at radius 1 is 0.964 bits per heavy atom. The fourth-order valence-corrected chi connectivity index (χ4v) is 4.37. The zero-order valence-corrected chi connectivity index (χ0v) is 16.9. The number of anilines is 1. The Morgan fingerprint density at radius 3 is 2.46 bits per heavy atom. The molecule has 2 aromatic rings. The molecule has 5 nitrogen and oxygen atoms in total.